The Balaban J connectivity index is 1.41. The summed E-state index contributed by atoms with van der Waals surface area (Å²) in [5, 5.41) is 3.78. The van der Waals surface area contributed by atoms with Crippen molar-refractivity contribution in [3.8, 4) is 5.75 Å². The molecule has 3 atom stereocenters. The van der Waals surface area contributed by atoms with E-state index >= 15 is 0 Å². The van der Waals surface area contributed by atoms with E-state index in [1.54, 1.807) is 4.90 Å². The molecule has 0 spiro atoms. The molecular formula is C19H28ClN2O2+. The lowest BCUT2D eigenvalue weighted by atomic mass is 9.96. The summed E-state index contributed by atoms with van der Waals surface area (Å²) in [7, 11) is 0. The van der Waals surface area contributed by atoms with Gasteiger partial charge in [-0.05, 0) is 56.4 Å². The van der Waals surface area contributed by atoms with Crippen LogP contribution in [0.25, 0.3) is 0 Å². The van der Waals surface area contributed by atoms with Gasteiger partial charge in [0.25, 0.3) is 0 Å². The summed E-state index contributed by atoms with van der Waals surface area (Å²) in [4.78, 5) is 14.1. The molecule has 1 saturated heterocycles. The highest BCUT2D eigenvalue weighted by molar-refractivity contribution is 6.30. The predicted octanol–water partition coefficient (Wildman–Crippen LogP) is 1.85. The molecule has 0 aromatic heterocycles. The summed E-state index contributed by atoms with van der Waals surface area (Å²) >= 11 is 6.03. The summed E-state index contributed by atoms with van der Waals surface area (Å²) in [6, 6.07) is 6.37. The second-order valence-corrected chi connectivity index (χ2v) is 7.60. The van der Waals surface area contributed by atoms with Gasteiger partial charge >= 0.3 is 0 Å². The van der Waals surface area contributed by atoms with Gasteiger partial charge in [0.15, 0.2) is 0 Å². The van der Waals surface area contributed by atoms with E-state index in [-0.39, 0.29) is 11.8 Å². The third-order valence-corrected chi connectivity index (χ3v) is 5.59. The van der Waals surface area contributed by atoms with E-state index in [1.165, 1.54) is 25.8 Å². The number of carbonyl (C=O) groups excluding carboxylic acids is 1. The number of nitrogens with one attached hydrogen (secondary N) is 2. The fourth-order valence-electron chi connectivity index (χ4n) is 3.83. The molecule has 5 heteroatoms. The molecule has 1 unspecified atom stereocenters. The van der Waals surface area contributed by atoms with Gasteiger partial charge in [0, 0.05) is 18.0 Å². The molecule has 0 radical (unpaired) electrons. The van der Waals surface area contributed by atoms with Gasteiger partial charge in [-0.15, -0.1) is 0 Å². The molecule has 1 aromatic carbocycles. The van der Waals surface area contributed by atoms with E-state index in [0.29, 0.717) is 18.1 Å². The molecule has 1 fully saturated rings. The third kappa shape index (κ3) is 4.42. The second-order valence-electron chi connectivity index (χ2n) is 7.16. The molecule has 1 amide bonds. The van der Waals surface area contributed by atoms with Gasteiger partial charge in [-0.3, -0.25) is 4.79 Å². The first kappa shape index (κ1) is 17.6. The van der Waals surface area contributed by atoms with Gasteiger partial charge in [0.05, 0.1) is 25.0 Å². The number of rotatable bonds is 5. The lowest BCUT2D eigenvalue weighted by molar-refractivity contribution is -0.928. The Hall–Kier alpha value is -1.26. The molecule has 2 N–H and O–H groups in total. The summed E-state index contributed by atoms with van der Waals surface area (Å²) in [5.74, 6) is 0.839. The monoisotopic (exact) mass is 351 g/mol. The number of amides is 1. The Kier molecular flexibility index (Phi) is 6.01. The minimum Gasteiger partial charge on any atom is -0.492 e. The first-order valence-electron chi connectivity index (χ1n) is 9.17. The Morgan fingerprint density at radius 2 is 2.29 bits per heavy atom. The maximum atomic E-state index is 12.4. The molecule has 0 saturated carbocycles. The van der Waals surface area contributed by atoms with E-state index in [1.807, 2.05) is 18.2 Å². The van der Waals surface area contributed by atoms with E-state index < -0.39 is 0 Å². The van der Waals surface area contributed by atoms with Gasteiger partial charge < -0.3 is 15.0 Å². The Labute approximate surface area is 149 Å². The van der Waals surface area contributed by atoms with E-state index in [2.05, 4.69) is 12.2 Å². The lowest BCUT2D eigenvalue weighted by Gasteiger charge is -2.30. The van der Waals surface area contributed by atoms with E-state index in [9.17, 15) is 4.79 Å². The van der Waals surface area contributed by atoms with Gasteiger partial charge in [-0.1, -0.05) is 11.6 Å². The van der Waals surface area contributed by atoms with Crippen LogP contribution in [-0.4, -0.2) is 38.2 Å². The quantitative estimate of drug-likeness (QED) is 0.795. The summed E-state index contributed by atoms with van der Waals surface area (Å²) in [6.07, 6.45) is 5.79. The number of halogens is 1. The van der Waals surface area contributed by atoms with Crippen molar-refractivity contribution in [3.05, 3.63) is 28.8 Å². The molecule has 132 valence electrons. The molecule has 2 aliphatic heterocycles. The van der Waals surface area contributed by atoms with Crippen molar-refractivity contribution in [1.82, 2.24) is 5.32 Å². The van der Waals surface area contributed by atoms with Crippen LogP contribution < -0.4 is 15.0 Å². The van der Waals surface area contributed by atoms with Crippen molar-refractivity contribution in [1.29, 1.82) is 0 Å². The van der Waals surface area contributed by atoms with Crippen LogP contribution in [0.1, 0.15) is 38.2 Å². The van der Waals surface area contributed by atoms with Crippen LogP contribution in [0.2, 0.25) is 5.02 Å². The SMILES string of the molecule is C[C@@H]1CCCC[NH+]1CCCNC(=O)[C@H]1COc2ccc(Cl)cc2C1. The zero-order valence-electron chi connectivity index (χ0n) is 14.4. The molecule has 2 heterocycles. The number of hydrogen-bond acceptors (Lipinski definition) is 2. The normalized spacial score (nSPS) is 26.3. The predicted molar refractivity (Wildman–Crippen MR) is 95.8 cm³/mol. The second kappa shape index (κ2) is 8.21. The van der Waals surface area contributed by atoms with Crippen LogP contribution in [0, 0.1) is 5.92 Å². The highest BCUT2D eigenvalue weighted by Gasteiger charge is 2.26. The summed E-state index contributed by atoms with van der Waals surface area (Å²) in [5.41, 5.74) is 1.03. The number of carbonyl (C=O) groups is 1. The number of piperidine rings is 1. The molecule has 1 aromatic rings. The van der Waals surface area contributed by atoms with Gasteiger partial charge in [0.2, 0.25) is 5.91 Å². The minimum absolute atomic E-state index is 0.0994. The first-order chi connectivity index (χ1) is 11.6. The van der Waals surface area contributed by atoms with Gasteiger partial charge in [-0.2, -0.15) is 0 Å². The van der Waals surface area contributed by atoms with Gasteiger partial charge in [-0.25, -0.2) is 0 Å². The molecule has 4 nitrogen and oxygen atoms in total. The van der Waals surface area contributed by atoms with Crippen molar-refractivity contribution in [2.24, 2.45) is 5.92 Å². The zero-order valence-corrected chi connectivity index (χ0v) is 15.2. The Bertz CT molecular complexity index is 578. The minimum atomic E-state index is -0.114. The number of hydrogen-bond donors (Lipinski definition) is 2. The van der Waals surface area contributed by atoms with Gasteiger partial charge in [0.1, 0.15) is 12.4 Å². The number of ether oxygens (including phenoxy) is 1. The number of likely N-dealkylation sites (tertiary alicyclic amines) is 1. The summed E-state index contributed by atoms with van der Waals surface area (Å²) in [6.45, 7) is 5.99. The third-order valence-electron chi connectivity index (χ3n) is 5.36. The van der Waals surface area contributed by atoms with Crippen molar-refractivity contribution < 1.29 is 14.4 Å². The van der Waals surface area contributed by atoms with Crippen molar-refractivity contribution >= 4 is 17.5 Å². The molecule has 2 aliphatic rings. The van der Waals surface area contributed by atoms with Crippen molar-refractivity contribution in [2.75, 3.05) is 26.2 Å². The lowest BCUT2D eigenvalue weighted by Crippen LogP contribution is -3.16. The zero-order chi connectivity index (χ0) is 16.9. The number of quaternary nitrogens is 1. The van der Waals surface area contributed by atoms with Crippen LogP contribution in [-0.2, 0) is 11.2 Å². The smallest absolute Gasteiger partial charge is 0.226 e. The number of fused-ring (bicyclic) bond motifs is 1. The fraction of sp³-hybridized carbons (Fsp3) is 0.632. The molecule has 0 aliphatic carbocycles. The maximum absolute atomic E-state index is 12.4. The average molecular weight is 352 g/mol. The van der Waals surface area contributed by atoms with E-state index in [4.69, 9.17) is 16.3 Å². The van der Waals surface area contributed by atoms with Crippen LogP contribution >= 0.6 is 11.6 Å². The number of benzene rings is 1. The summed E-state index contributed by atoms with van der Waals surface area (Å²) < 4.78 is 5.70. The standard InChI is InChI=1S/C19H27ClN2O2/c1-14-5-2-3-9-22(14)10-4-8-21-19(23)16-11-15-12-17(20)6-7-18(15)24-13-16/h6-7,12,14,16H,2-5,8-11,13H2,1H3,(H,21,23)/p+1/t14-,16-/m1/s1. The van der Waals surface area contributed by atoms with Crippen LogP contribution in [0.15, 0.2) is 18.2 Å². The highest BCUT2D eigenvalue weighted by Crippen LogP contribution is 2.29. The topological polar surface area (TPSA) is 42.8 Å². The molecule has 3 rings (SSSR count). The van der Waals surface area contributed by atoms with Crippen molar-refractivity contribution in [3.63, 3.8) is 0 Å². The maximum Gasteiger partial charge on any atom is 0.226 e. The molecule has 0 bridgehead atoms. The largest absolute Gasteiger partial charge is 0.492 e. The average Bonchev–Trinajstić information content (AvgIpc) is 2.59. The fourth-order valence-corrected chi connectivity index (χ4v) is 4.02. The van der Waals surface area contributed by atoms with Crippen molar-refractivity contribution in [2.45, 2.75) is 45.1 Å². The molecular weight excluding hydrogens is 324 g/mol. The first-order valence-corrected chi connectivity index (χ1v) is 9.55. The molecule has 24 heavy (non-hydrogen) atoms. The van der Waals surface area contributed by atoms with Crippen LogP contribution in [0.5, 0.6) is 5.75 Å². The van der Waals surface area contributed by atoms with Crippen LogP contribution in [0.3, 0.4) is 0 Å². The van der Waals surface area contributed by atoms with E-state index in [0.717, 1.165) is 36.9 Å². The highest BCUT2D eigenvalue weighted by atomic mass is 35.5. The van der Waals surface area contributed by atoms with Crippen LogP contribution in [0.4, 0.5) is 0 Å². The Morgan fingerprint density at radius 1 is 1.42 bits per heavy atom. The Morgan fingerprint density at radius 3 is 3.12 bits per heavy atom.